The summed E-state index contributed by atoms with van der Waals surface area (Å²) in [6.07, 6.45) is 1.48. The lowest BCUT2D eigenvalue weighted by molar-refractivity contribution is -0.166. The number of aryl methyl sites for hydroxylation is 1. The fourth-order valence-electron chi connectivity index (χ4n) is 3.20. The van der Waals surface area contributed by atoms with Crippen LogP contribution in [0.4, 0.5) is 0 Å². The first-order valence-electron chi connectivity index (χ1n) is 7.80. The Morgan fingerprint density at radius 3 is 2.45 bits per heavy atom. The highest BCUT2D eigenvalue weighted by Gasteiger charge is 2.42. The highest BCUT2D eigenvalue weighted by Crippen LogP contribution is 2.31. The number of hydrogen-bond donors (Lipinski definition) is 0. The summed E-state index contributed by atoms with van der Waals surface area (Å²) in [4.78, 5) is 28.3. The number of amides is 2. The molecule has 0 spiro atoms. The minimum atomic E-state index is -0.608. The summed E-state index contributed by atoms with van der Waals surface area (Å²) in [7, 11) is 1.75. The van der Waals surface area contributed by atoms with E-state index in [0.29, 0.717) is 0 Å². The summed E-state index contributed by atoms with van der Waals surface area (Å²) in [5.41, 5.74) is 2.09. The number of rotatable bonds is 2. The molecular formula is C17H22N2O3. The summed E-state index contributed by atoms with van der Waals surface area (Å²) in [6.45, 7) is 3.57. The molecule has 1 aromatic rings. The molecule has 2 fully saturated rings. The van der Waals surface area contributed by atoms with Crippen LogP contribution in [0, 0.1) is 6.92 Å². The fraction of sp³-hybridized carbons (Fsp3) is 0.529. The third-order valence-electron chi connectivity index (χ3n) is 4.56. The molecule has 0 radical (unpaired) electrons. The summed E-state index contributed by atoms with van der Waals surface area (Å²) < 4.78 is 5.65. The van der Waals surface area contributed by atoms with E-state index in [0.717, 1.165) is 37.1 Å². The zero-order valence-corrected chi connectivity index (χ0v) is 13.1. The van der Waals surface area contributed by atoms with Crippen LogP contribution in [0.25, 0.3) is 0 Å². The zero-order valence-electron chi connectivity index (χ0n) is 13.1. The van der Waals surface area contributed by atoms with Crippen molar-refractivity contribution in [3.8, 4) is 0 Å². The van der Waals surface area contributed by atoms with Gasteiger partial charge in [0.05, 0.1) is 6.04 Å². The topological polar surface area (TPSA) is 49.9 Å². The van der Waals surface area contributed by atoms with E-state index in [1.165, 1.54) is 0 Å². The van der Waals surface area contributed by atoms with Gasteiger partial charge in [-0.25, -0.2) is 0 Å². The van der Waals surface area contributed by atoms with Crippen LogP contribution < -0.4 is 0 Å². The second-order valence-corrected chi connectivity index (χ2v) is 6.12. The van der Waals surface area contributed by atoms with Gasteiger partial charge in [-0.2, -0.15) is 0 Å². The third kappa shape index (κ3) is 2.73. The van der Waals surface area contributed by atoms with E-state index in [1.807, 2.05) is 36.1 Å². The number of ether oxygens (including phenoxy) is 1. The summed E-state index contributed by atoms with van der Waals surface area (Å²) in [6, 6.07) is 7.60. The van der Waals surface area contributed by atoms with E-state index in [1.54, 1.807) is 11.9 Å². The van der Waals surface area contributed by atoms with Crippen molar-refractivity contribution in [2.45, 2.75) is 31.9 Å². The predicted molar refractivity (Wildman–Crippen MR) is 82.2 cm³/mol. The van der Waals surface area contributed by atoms with Crippen LogP contribution in [0.2, 0.25) is 0 Å². The zero-order chi connectivity index (χ0) is 15.7. The highest BCUT2D eigenvalue weighted by atomic mass is 16.5. The summed E-state index contributed by atoms with van der Waals surface area (Å²) in [5.74, 6) is -0.0847. The molecule has 0 saturated carbocycles. The van der Waals surface area contributed by atoms with Gasteiger partial charge in [-0.1, -0.05) is 29.8 Å². The van der Waals surface area contributed by atoms with Gasteiger partial charge in [0.1, 0.15) is 6.61 Å². The molecule has 2 amide bonds. The molecule has 118 valence electrons. The first-order chi connectivity index (χ1) is 10.6. The van der Waals surface area contributed by atoms with Crippen molar-refractivity contribution in [2.24, 2.45) is 0 Å². The van der Waals surface area contributed by atoms with E-state index < -0.39 is 6.10 Å². The first kappa shape index (κ1) is 15.0. The van der Waals surface area contributed by atoms with Crippen molar-refractivity contribution in [1.29, 1.82) is 0 Å². The smallest absolute Gasteiger partial charge is 0.254 e. The molecule has 0 N–H and O–H groups in total. The van der Waals surface area contributed by atoms with Gasteiger partial charge in [0.25, 0.3) is 5.91 Å². The Hall–Kier alpha value is -1.88. The molecule has 5 heteroatoms. The maximum absolute atomic E-state index is 12.8. The van der Waals surface area contributed by atoms with E-state index in [2.05, 4.69) is 0 Å². The first-order valence-corrected chi connectivity index (χ1v) is 7.80. The van der Waals surface area contributed by atoms with Crippen LogP contribution in [0.1, 0.15) is 30.0 Å². The molecular weight excluding hydrogens is 280 g/mol. The largest absolute Gasteiger partial charge is 0.356 e. The van der Waals surface area contributed by atoms with Gasteiger partial charge in [0, 0.05) is 20.1 Å². The Kier molecular flexibility index (Phi) is 4.16. The Balaban J connectivity index is 1.90. The number of likely N-dealkylation sites (tertiary alicyclic amines) is 1. The van der Waals surface area contributed by atoms with Gasteiger partial charge in [0.15, 0.2) is 6.10 Å². The third-order valence-corrected chi connectivity index (χ3v) is 4.56. The lowest BCUT2D eigenvalue weighted by atomic mass is 9.96. The van der Waals surface area contributed by atoms with Crippen molar-refractivity contribution in [3.63, 3.8) is 0 Å². The lowest BCUT2D eigenvalue weighted by Gasteiger charge is -2.39. The van der Waals surface area contributed by atoms with Gasteiger partial charge in [-0.3, -0.25) is 9.59 Å². The molecule has 2 saturated heterocycles. The molecule has 2 atom stereocenters. The van der Waals surface area contributed by atoms with Gasteiger partial charge in [0.2, 0.25) is 5.91 Å². The van der Waals surface area contributed by atoms with Crippen LogP contribution in [-0.4, -0.2) is 54.5 Å². The lowest BCUT2D eigenvalue weighted by Crippen LogP contribution is -2.53. The molecule has 0 bridgehead atoms. The normalized spacial score (nSPS) is 25.6. The van der Waals surface area contributed by atoms with Gasteiger partial charge >= 0.3 is 0 Å². The quantitative estimate of drug-likeness (QED) is 0.832. The van der Waals surface area contributed by atoms with Crippen molar-refractivity contribution >= 4 is 11.8 Å². The SMILES string of the molecule is Cc1ccc(C2C(C(=O)N3CCCC3)OCC(=O)N2C)cc1. The minimum absolute atomic E-state index is 0.00225. The molecule has 0 aromatic heterocycles. The number of carbonyl (C=O) groups is 2. The van der Waals surface area contributed by atoms with Crippen molar-refractivity contribution < 1.29 is 14.3 Å². The van der Waals surface area contributed by atoms with Crippen LogP contribution in [-0.2, 0) is 14.3 Å². The molecule has 2 heterocycles. The highest BCUT2D eigenvalue weighted by molar-refractivity contribution is 5.86. The number of benzene rings is 1. The molecule has 0 aliphatic carbocycles. The Morgan fingerprint density at radius 2 is 1.82 bits per heavy atom. The molecule has 2 aliphatic rings. The Bertz CT molecular complexity index is 564. The number of carbonyl (C=O) groups excluding carboxylic acids is 2. The summed E-state index contributed by atoms with van der Waals surface area (Å²) >= 11 is 0. The monoisotopic (exact) mass is 302 g/mol. The van der Waals surface area contributed by atoms with E-state index in [-0.39, 0.29) is 24.5 Å². The van der Waals surface area contributed by atoms with E-state index in [9.17, 15) is 9.59 Å². The number of nitrogens with zero attached hydrogens (tertiary/aromatic N) is 2. The standard InChI is InChI=1S/C17H22N2O3/c1-12-5-7-13(8-6-12)15-16(22-11-14(20)18(15)2)17(21)19-9-3-4-10-19/h5-8,15-16H,3-4,9-11H2,1-2H3. The Morgan fingerprint density at radius 1 is 1.18 bits per heavy atom. The molecule has 3 rings (SSSR count). The van der Waals surface area contributed by atoms with Gasteiger partial charge in [-0.05, 0) is 25.3 Å². The number of morpholine rings is 1. The average Bonchev–Trinajstić information content (AvgIpc) is 3.05. The molecule has 22 heavy (non-hydrogen) atoms. The van der Waals surface area contributed by atoms with Crippen LogP contribution in [0.5, 0.6) is 0 Å². The van der Waals surface area contributed by atoms with Crippen molar-refractivity contribution in [2.75, 3.05) is 26.7 Å². The van der Waals surface area contributed by atoms with Crippen LogP contribution in [0.3, 0.4) is 0 Å². The second kappa shape index (κ2) is 6.08. The molecule has 5 nitrogen and oxygen atoms in total. The minimum Gasteiger partial charge on any atom is -0.356 e. The maximum Gasteiger partial charge on any atom is 0.254 e. The fourth-order valence-corrected chi connectivity index (χ4v) is 3.20. The van der Waals surface area contributed by atoms with Gasteiger partial charge in [-0.15, -0.1) is 0 Å². The molecule has 2 unspecified atom stereocenters. The van der Waals surface area contributed by atoms with Crippen molar-refractivity contribution in [3.05, 3.63) is 35.4 Å². The van der Waals surface area contributed by atoms with Crippen LogP contribution in [0.15, 0.2) is 24.3 Å². The number of hydrogen-bond acceptors (Lipinski definition) is 3. The van der Waals surface area contributed by atoms with E-state index >= 15 is 0 Å². The van der Waals surface area contributed by atoms with Crippen molar-refractivity contribution in [1.82, 2.24) is 9.80 Å². The summed E-state index contributed by atoms with van der Waals surface area (Å²) in [5, 5.41) is 0. The number of likely N-dealkylation sites (N-methyl/N-ethyl adjacent to an activating group) is 1. The molecule has 1 aromatic carbocycles. The Labute approximate surface area is 130 Å². The predicted octanol–water partition coefficient (Wildman–Crippen LogP) is 1.52. The average molecular weight is 302 g/mol. The van der Waals surface area contributed by atoms with E-state index in [4.69, 9.17) is 4.74 Å². The van der Waals surface area contributed by atoms with Gasteiger partial charge < -0.3 is 14.5 Å². The second-order valence-electron chi connectivity index (χ2n) is 6.12. The maximum atomic E-state index is 12.8. The van der Waals surface area contributed by atoms with Crippen LogP contribution >= 0.6 is 0 Å². The molecule has 2 aliphatic heterocycles.